The minimum absolute atomic E-state index is 0.258. The number of hydrogen-bond donors (Lipinski definition) is 1. The topological polar surface area (TPSA) is 64.6 Å². The molecule has 0 fully saturated rings. The maximum atomic E-state index is 12.1. The van der Waals surface area contributed by atoms with Crippen molar-refractivity contribution >= 4 is 17.6 Å². The van der Waals surface area contributed by atoms with Gasteiger partial charge in [0.25, 0.3) is 5.91 Å². The molecule has 0 heterocycles. The molecule has 0 aliphatic heterocycles. The summed E-state index contributed by atoms with van der Waals surface area (Å²) in [7, 11) is 1.58. The Balaban J connectivity index is 2.02. The molecule has 0 saturated heterocycles. The zero-order valence-corrected chi connectivity index (χ0v) is 12.0. The van der Waals surface area contributed by atoms with Crippen molar-refractivity contribution < 1.29 is 19.1 Å². The van der Waals surface area contributed by atoms with Gasteiger partial charge < -0.3 is 14.8 Å². The second-order valence-electron chi connectivity index (χ2n) is 4.33. The number of hydrogen-bond acceptors (Lipinski definition) is 4. The number of carbonyl (C=O) groups is 2. The van der Waals surface area contributed by atoms with Gasteiger partial charge in [-0.2, -0.15) is 0 Å². The Morgan fingerprint density at radius 2 is 1.59 bits per heavy atom. The van der Waals surface area contributed by atoms with Gasteiger partial charge in [0.15, 0.2) is 0 Å². The van der Waals surface area contributed by atoms with E-state index in [1.54, 1.807) is 55.6 Å². The standard InChI is InChI=1S/C17H15NO4/c1-3-16(19)22-15-8-4-12(5-9-15)17(20)18-13-6-10-14(21-2)11-7-13/h3-11H,1H2,2H3,(H,18,20). The number of carbonyl (C=O) groups excluding carboxylic acids is 2. The van der Waals surface area contributed by atoms with Crippen molar-refractivity contribution in [3.05, 3.63) is 66.7 Å². The highest BCUT2D eigenvalue weighted by molar-refractivity contribution is 6.04. The zero-order valence-electron chi connectivity index (χ0n) is 12.0. The second kappa shape index (κ2) is 7.08. The van der Waals surface area contributed by atoms with E-state index in [2.05, 4.69) is 11.9 Å². The summed E-state index contributed by atoms with van der Waals surface area (Å²) >= 11 is 0. The molecule has 5 nitrogen and oxygen atoms in total. The lowest BCUT2D eigenvalue weighted by Crippen LogP contribution is -2.11. The van der Waals surface area contributed by atoms with Crippen molar-refractivity contribution in [1.29, 1.82) is 0 Å². The number of anilines is 1. The minimum atomic E-state index is -0.546. The molecule has 2 rings (SSSR count). The fourth-order valence-corrected chi connectivity index (χ4v) is 1.71. The van der Waals surface area contributed by atoms with Gasteiger partial charge in [-0.15, -0.1) is 0 Å². The monoisotopic (exact) mass is 297 g/mol. The van der Waals surface area contributed by atoms with E-state index in [1.807, 2.05) is 0 Å². The van der Waals surface area contributed by atoms with Gasteiger partial charge in [-0.25, -0.2) is 4.79 Å². The van der Waals surface area contributed by atoms with Crippen LogP contribution >= 0.6 is 0 Å². The number of benzene rings is 2. The first kappa shape index (κ1) is 15.3. The van der Waals surface area contributed by atoms with Crippen LogP contribution in [0.3, 0.4) is 0 Å². The fraction of sp³-hybridized carbons (Fsp3) is 0.0588. The van der Waals surface area contributed by atoms with Gasteiger partial charge in [-0.05, 0) is 48.5 Å². The van der Waals surface area contributed by atoms with E-state index in [0.717, 1.165) is 6.08 Å². The van der Waals surface area contributed by atoms with E-state index < -0.39 is 5.97 Å². The molecule has 0 aliphatic rings. The molecule has 0 spiro atoms. The van der Waals surface area contributed by atoms with Crippen LogP contribution in [0.15, 0.2) is 61.2 Å². The highest BCUT2D eigenvalue weighted by atomic mass is 16.5. The maximum Gasteiger partial charge on any atom is 0.335 e. The molecule has 112 valence electrons. The number of nitrogens with one attached hydrogen (secondary N) is 1. The quantitative estimate of drug-likeness (QED) is 0.523. The van der Waals surface area contributed by atoms with Crippen LogP contribution < -0.4 is 14.8 Å². The van der Waals surface area contributed by atoms with E-state index in [4.69, 9.17) is 9.47 Å². The summed E-state index contributed by atoms with van der Waals surface area (Å²) in [5.74, 6) is 0.263. The van der Waals surface area contributed by atoms with Crippen LogP contribution in [0.2, 0.25) is 0 Å². The number of methoxy groups -OCH3 is 1. The first-order valence-corrected chi connectivity index (χ1v) is 6.52. The van der Waals surface area contributed by atoms with Crippen molar-refractivity contribution in [2.24, 2.45) is 0 Å². The zero-order chi connectivity index (χ0) is 15.9. The molecule has 0 aliphatic carbocycles. The second-order valence-corrected chi connectivity index (χ2v) is 4.33. The molecule has 0 bridgehead atoms. The average molecular weight is 297 g/mol. The highest BCUT2D eigenvalue weighted by Gasteiger charge is 2.07. The van der Waals surface area contributed by atoms with Crippen LogP contribution in [0.5, 0.6) is 11.5 Å². The summed E-state index contributed by atoms with van der Waals surface area (Å²) in [5, 5.41) is 2.76. The van der Waals surface area contributed by atoms with Gasteiger partial charge in [0.1, 0.15) is 11.5 Å². The van der Waals surface area contributed by atoms with Gasteiger partial charge in [-0.3, -0.25) is 4.79 Å². The van der Waals surface area contributed by atoms with Crippen LogP contribution in [0, 0.1) is 0 Å². The van der Waals surface area contributed by atoms with E-state index in [0.29, 0.717) is 22.7 Å². The minimum Gasteiger partial charge on any atom is -0.497 e. The van der Waals surface area contributed by atoms with Crippen molar-refractivity contribution in [3.8, 4) is 11.5 Å². The van der Waals surface area contributed by atoms with Crippen molar-refractivity contribution in [3.63, 3.8) is 0 Å². The largest absolute Gasteiger partial charge is 0.497 e. The molecule has 2 aromatic rings. The van der Waals surface area contributed by atoms with Gasteiger partial charge in [0.05, 0.1) is 7.11 Å². The molecule has 0 unspecified atom stereocenters. The average Bonchev–Trinajstić information content (AvgIpc) is 2.56. The number of ether oxygens (including phenoxy) is 2. The van der Waals surface area contributed by atoms with E-state index in [9.17, 15) is 9.59 Å². The van der Waals surface area contributed by atoms with E-state index in [-0.39, 0.29) is 5.91 Å². The fourth-order valence-electron chi connectivity index (χ4n) is 1.71. The SMILES string of the molecule is C=CC(=O)Oc1ccc(C(=O)Nc2ccc(OC)cc2)cc1. The van der Waals surface area contributed by atoms with Gasteiger partial charge in [0, 0.05) is 17.3 Å². The van der Waals surface area contributed by atoms with Gasteiger partial charge in [0.2, 0.25) is 0 Å². The van der Waals surface area contributed by atoms with Crippen LogP contribution in [0.1, 0.15) is 10.4 Å². The normalized spacial score (nSPS) is 9.68. The first-order chi connectivity index (χ1) is 10.6. The van der Waals surface area contributed by atoms with Gasteiger partial charge in [-0.1, -0.05) is 6.58 Å². The molecule has 0 saturated carbocycles. The lowest BCUT2D eigenvalue weighted by molar-refractivity contribution is -0.128. The van der Waals surface area contributed by atoms with Crippen LogP contribution in [0.25, 0.3) is 0 Å². The summed E-state index contributed by atoms with van der Waals surface area (Å²) in [4.78, 5) is 23.2. The molecule has 0 aromatic heterocycles. The predicted molar refractivity (Wildman–Crippen MR) is 83.2 cm³/mol. The Kier molecular flexibility index (Phi) is 4.93. The van der Waals surface area contributed by atoms with E-state index in [1.165, 1.54) is 0 Å². The van der Waals surface area contributed by atoms with Gasteiger partial charge >= 0.3 is 5.97 Å². The molecule has 1 N–H and O–H groups in total. The van der Waals surface area contributed by atoms with Crippen molar-refractivity contribution in [2.45, 2.75) is 0 Å². The molecule has 22 heavy (non-hydrogen) atoms. The summed E-state index contributed by atoms with van der Waals surface area (Å²) in [6.45, 7) is 3.31. The summed E-state index contributed by atoms with van der Waals surface area (Å²) < 4.78 is 9.99. The lowest BCUT2D eigenvalue weighted by Gasteiger charge is -2.07. The lowest BCUT2D eigenvalue weighted by atomic mass is 10.2. The molecule has 0 radical (unpaired) electrons. The Morgan fingerprint density at radius 1 is 1.00 bits per heavy atom. The number of amides is 1. The maximum absolute atomic E-state index is 12.1. The van der Waals surface area contributed by atoms with Crippen LogP contribution in [0.4, 0.5) is 5.69 Å². The molecular formula is C17H15NO4. The van der Waals surface area contributed by atoms with E-state index >= 15 is 0 Å². The summed E-state index contributed by atoms with van der Waals surface area (Å²) in [5.41, 5.74) is 1.11. The predicted octanol–water partition coefficient (Wildman–Crippen LogP) is 3.04. The summed E-state index contributed by atoms with van der Waals surface area (Å²) in [6, 6.07) is 13.2. The van der Waals surface area contributed by atoms with Crippen molar-refractivity contribution in [1.82, 2.24) is 0 Å². The Morgan fingerprint density at radius 3 is 2.14 bits per heavy atom. The third-order valence-corrected chi connectivity index (χ3v) is 2.85. The van der Waals surface area contributed by atoms with Crippen LogP contribution in [-0.4, -0.2) is 19.0 Å². The Bertz CT molecular complexity index is 675. The third kappa shape index (κ3) is 3.96. The highest BCUT2D eigenvalue weighted by Crippen LogP contribution is 2.17. The van der Waals surface area contributed by atoms with Crippen LogP contribution in [-0.2, 0) is 4.79 Å². The molecule has 1 amide bonds. The molecule has 0 atom stereocenters. The first-order valence-electron chi connectivity index (χ1n) is 6.52. The smallest absolute Gasteiger partial charge is 0.335 e. The number of rotatable bonds is 5. The third-order valence-electron chi connectivity index (χ3n) is 2.85. The number of esters is 1. The van der Waals surface area contributed by atoms with Crippen molar-refractivity contribution in [2.75, 3.05) is 12.4 Å². The molecule has 2 aromatic carbocycles. The summed E-state index contributed by atoms with van der Waals surface area (Å²) in [6.07, 6.45) is 1.07. The Hall–Kier alpha value is -3.08. The Labute approximate surface area is 128 Å². The molecule has 5 heteroatoms. The molecular weight excluding hydrogens is 282 g/mol.